The topological polar surface area (TPSA) is 63.2 Å². The molecule has 28 heavy (non-hydrogen) atoms. The lowest BCUT2D eigenvalue weighted by atomic mass is 9.84. The maximum atomic E-state index is 11.9. The van der Waals surface area contributed by atoms with Crippen LogP contribution in [-0.4, -0.2) is 32.9 Å². The Balaban J connectivity index is 1.55. The number of para-hydroxylation sites is 1. The van der Waals surface area contributed by atoms with Gasteiger partial charge in [-0.3, -0.25) is 4.79 Å². The maximum Gasteiger partial charge on any atom is 0.277 e. The number of methoxy groups -OCH3 is 1. The molecule has 0 unspecified atom stereocenters. The minimum atomic E-state index is -0.326. The molecule has 1 heterocycles. The standard InChI is InChI=1S/C22H25N3O3/c1-22(2)18-7-5-6-8-19(18)25(3)20(22)13-14-23-24-21(26)15-28-17-11-9-16(27-4)10-12-17/h5-14H,15H2,1-4H3,(H,24,26). The molecule has 3 rings (SSSR count). The van der Waals surface area contributed by atoms with Crippen molar-refractivity contribution in [3.05, 3.63) is 65.9 Å². The summed E-state index contributed by atoms with van der Waals surface area (Å²) in [6.07, 6.45) is 3.52. The summed E-state index contributed by atoms with van der Waals surface area (Å²) < 4.78 is 10.5. The maximum absolute atomic E-state index is 11.9. The average Bonchev–Trinajstić information content (AvgIpc) is 2.90. The number of anilines is 1. The molecule has 0 saturated heterocycles. The first-order valence-electron chi connectivity index (χ1n) is 9.06. The minimum Gasteiger partial charge on any atom is -0.497 e. The van der Waals surface area contributed by atoms with Gasteiger partial charge in [0, 0.05) is 30.1 Å². The Morgan fingerprint density at radius 3 is 2.50 bits per heavy atom. The molecule has 0 saturated carbocycles. The summed E-state index contributed by atoms with van der Waals surface area (Å²) in [7, 11) is 3.63. The number of carbonyl (C=O) groups is 1. The number of ether oxygens (including phenoxy) is 2. The Morgan fingerprint density at radius 2 is 1.82 bits per heavy atom. The summed E-state index contributed by atoms with van der Waals surface area (Å²) in [4.78, 5) is 14.0. The predicted molar refractivity (Wildman–Crippen MR) is 111 cm³/mol. The smallest absolute Gasteiger partial charge is 0.277 e. The number of rotatable bonds is 6. The molecule has 2 aromatic rings. The molecule has 0 bridgehead atoms. The number of nitrogens with zero attached hydrogens (tertiary/aromatic N) is 2. The minimum absolute atomic E-state index is 0.114. The van der Waals surface area contributed by atoms with Crippen LogP contribution in [0, 0.1) is 0 Å². The highest BCUT2D eigenvalue weighted by Gasteiger charge is 2.37. The van der Waals surface area contributed by atoms with Gasteiger partial charge in [-0.15, -0.1) is 0 Å². The molecule has 0 atom stereocenters. The van der Waals surface area contributed by atoms with Crippen molar-refractivity contribution in [2.75, 3.05) is 25.7 Å². The monoisotopic (exact) mass is 379 g/mol. The lowest BCUT2D eigenvalue weighted by Crippen LogP contribution is -2.25. The Hall–Kier alpha value is -3.28. The molecule has 146 valence electrons. The van der Waals surface area contributed by atoms with E-state index in [1.165, 1.54) is 11.3 Å². The highest BCUT2D eigenvalue weighted by atomic mass is 16.5. The van der Waals surface area contributed by atoms with Crippen molar-refractivity contribution in [1.29, 1.82) is 0 Å². The Kier molecular flexibility index (Phi) is 5.68. The number of allylic oxidation sites excluding steroid dienone is 2. The third-order valence-corrected chi connectivity index (χ3v) is 4.87. The first-order chi connectivity index (χ1) is 13.4. The fourth-order valence-corrected chi connectivity index (χ4v) is 3.37. The highest BCUT2D eigenvalue weighted by molar-refractivity contribution is 5.82. The Morgan fingerprint density at radius 1 is 1.14 bits per heavy atom. The Labute approximate surface area is 165 Å². The summed E-state index contributed by atoms with van der Waals surface area (Å²) in [5.74, 6) is 0.998. The van der Waals surface area contributed by atoms with Crippen molar-refractivity contribution in [3.63, 3.8) is 0 Å². The quantitative estimate of drug-likeness (QED) is 0.616. The zero-order chi connectivity index (χ0) is 20.1. The zero-order valence-corrected chi connectivity index (χ0v) is 16.6. The van der Waals surface area contributed by atoms with E-state index in [1.54, 1.807) is 37.6 Å². The first kappa shape index (κ1) is 19.5. The van der Waals surface area contributed by atoms with Gasteiger partial charge in [0.05, 0.1) is 7.11 Å². The van der Waals surface area contributed by atoms with E-state index < -0.39 is 0 Å². The van der Waals surface area contributed by atoms with Gasteiger partial charge in [-0.05, 0) is 42.0 Å². The van der Waals surface area contributed by atoms with Crippen LogP contribution in [0.3, 0.4) is 0 Å². The first-order valence-corrected chi connectivity index (χ1v) is 9.06. The molecule has 0 radical (unpaired) electrons. The van der Waals surface area contributed by atoms with Crippen LogP contribution in [0.25, 0.3) is 0 Å². The van der Waals surface area contributed by atoms with E-state index in [-0.39, 0.29) is 17.9 Å². The van der Waals surface area contributed by atoms with E-state index in [0.717, 1.165) is 11.4 Å². The summed E-state index contributed by atoms with van der Waals surface area (Å²) in [6, 6.07) is 15.4. The van der Waals surface area contributed by atoms with Gasteiger partial charge in [-0.25, -0.2) is 5.43 Å². The average molecular weight is 379 g/mol. The molecule has 1 amide bonds. The summed E-state index contributed by atoms with van der Waals surface area (Å²) in [6.45, 7) is 4.24. The van der Waals surface area contributed by atoms with Crippen molar-refractivity contribution < 1.29 is 14.3 Å². The Bertz CT molecular complexity index is 901. The van der Waals surface area contributed by atoms with Gasteiger partial charge in [0.2, 0.25) is 0 Å². The van der Waals surface area contributed by atoms with E-state index >= 15 is 0 Å². The third kappa shape index (κ3) is 4.01. The fourth-order valence-electron chi connectivity index (χ4n) is 3.37. The molecule has 6 nitrogen and oxygen atoms in total. The second-order valence-corrected chi connectivity index (χ2v) is 7.03. The molecular formula is C22H25N3O3. The van der Waals surface area contributed by atoms with Gasteiger partial charge in [0.25, 0.3) is 5.91 Å². The van der Waals surface area contributed by atoms with Gasteiger partial charge >= 0.3 is 0 Å². The molecule has 0 fully saturated rings. The van der Waals surface area contributed by atoms with Crippen LogP contribution >= 0.6 is 0 Å². The van der Waals surface area contributed by atoms with Crippen LogP contribution in [0.2, 0.25) is 0 Å². The van der Waals surface area contributed by atoms with Gasteiger partial charge in [0.15, 0.2) is 6.61 Å². The van der Waals surface area contributed by atoms with E-state index in [1.807, 2.05) is 19.2 Å². The number of nitrogens with one attached hydrogen (secondary N) is 1. The number of fused-ring (bicyclic) bond motifs is 1. The molecule has 1 aliphatic rings. The number of carbonyl (C=O) groups excluding carboxylic acids is 1. The van der Waals surface area contributed by atoms with E-state index in [2.05, 4.69) is 47.5 Å². The molecule has 0 spiro atoms. The van der Waals surface area contributed by atoms with Crippen molar-refractivity contribution in [2.24, 2.45) is 5.10 Å². The second-order valence-electron chi connectivity index (χ2n) is 7.03. The SMILES string of the molecule is COc1ccc(OCC(=O)NN=CC=C2N(C)c3ccccc3C2(C)C)cc1. The predicted octanol–water partition coefficient (Wildman–Crippen LogP) is 3.49. The van der Waals surface area contributed by atoms with Gasteiger partial charge in [-0.1, -0.05) is 32.0 Å². The molecule has 0 aliphatic carbocycles. The molecule has 6 heteroatoms. The summed E-state index contributed by atoms with van der Waals surface area (Å²) in [5, 5.41) is 4.01. The number of benzene rings is 2. The van der Waals surface area contributed by atoms with E-state index in [4.69, 9.17) is 9.47 Å². The lowest BCUT2D eigenvalue weighted by Gasteiger charge is -2.23. The lowest BCUT2D eigenvalue weighted by molar-refractivity contribution is -0.123. The van der Waals surface area contributed by atoms with E-state index in [0.29, 0.717) is 5.75 Å². The zero-order valence-electron chi connectivity index (χ0n) is 16.6. The van der Waals surface area contributed by atoms with Crippen LogP contribution < -0.4 is 19.8 Å². The molecular weight excluding hydrogens is 354 g/mol. The van der Waals surface area contributed by atoms with Gasteiger partial charge in [-0.2, -0.15) is 5.10 Å². The van der Waals surface area contributed by atoms with E-state index in [9.17, 15) is 4.79 Å². The summed E-state index contributed by atoms with van der Waals surface area (Å²) >= 11 is 0. The van der Waals surface area contributed by atoms with Crippen LogP contribution in [0.5, 0.6) is 11.5 Å². The summed E-state index contributed by atoms with van der Waals surface area (Å²) in [5.41, 5.74) is 5.92. The van der Waals surface area contributed by atoms with Crippen LogP contribution in [0.1, 0.15) is 19.4 Å². The van der Waals surface area contributed by atoms with Crippen molar-refractivity contribution in [2.45, 2.75) is 19.3 Å². The molecule has 2 aromatic carbocycles. The largest absolute Gasteiger partial charge is 0.497 e. The number of hydrogen-bond donors (Lipinski definition) is 1. The van der Waals surface area contributed by atoms with Crippen molar-refractivity contribution in [1.82, 2.24) is 5.43 Å². The molecule has 1 aliphatic heterocycles. The van der Waals surface area contributed by atoms with Gasteiger partial charge < -0.3 is 14.4 Å². The highest BCUT2D eigenvalue weighted by Crippen LogP contribution is 2.46. The number of likely N-dealkylation sites (N-methyl/N-ethyl adjacent to an activating group) is 1. The fraction of sp³-hybridized carbons (Fsp3) is 0.273. The van der Waals surface area contributed by atoms with Crippen LogP contribution in [-0.2, 0) is 10.2 Å². The van der Waals surface area contributed by atoms with Crippen molar-refractivity contribution >= 4 is 17.8 Å². The molecule has 1 N–H and O–H groups in total. The second kappa shape index (κ2) is 8.17. The van der Waals surface area contributed by atoms with Crippen LogP contribution in [0.4, 0.5) is 5.69 Å². The number of hydrazone groups is 1. The normalized spacial score (nSPS) is 16.3. The molecule has 0 aromatic heterocycles. The van der Waals surface area contributed by atoms with Crippen molar-refractivity contribution in [3.8, 4) is 11.5 Å². The third-order valence-electron chi connectivity index (χ3n) is 4.87. The number of hydrogen-bond acceptors (Lipinski definition) is 5. The van der Waals surface area contributed by atoms with Gasteiger partial charge in [0.1, 0.15) is 11.5 Å². The number of amides is 1. The van der Waals surface area contributed by atoms with Crippen LogP contribution in [0.15, 0.2) is 65.4 Å².